The number of carbonyl (C=O) groups is 4. The third kappa shape index (κ3) is 9.43. The molecule has 304 valence electrons. The lowest BCUT2D eigenvalue weighted by atomic mass is 10.0. The minimum Gasteiger partial charge on any atom is -0.494 e. The Balaban J connectivity index is 0.873. The number of benzene rings is 3. The van der Waals surface area contributed by atoms with Crippen LogP contribution >= 0.6 is 30.5 Å². The van der Waals surface area contributed by atoms with E-state index in [-0.39, 0.29) is 30.2 Å². The van der Waals surface area contributed by atoms with Crippen molar-refractivity contribution in [1.29, 1.82) is 0 Å². The number of anilines is 5. The van der Waals surface area contributed by atoms with Crippen LogP contribution in [0.4, 0.5) is 28.8 Å². The van der Waals surface area contributed by atoms with Crippen LogP contribution < -0.4 is 36.2 Å². The summed E-state index contributed by atoms with van der Waals surface area (Å²) in [6, 6.07) is 18.3. The van der Waals surface area contributed by atoms with E-state index in [9.17, 15) is 23.7 Å². The molecule has 17 heteroatoms. The number of carbonyl (C=O) groups excluding carboxylic acids is 4. The normalized spacial score (nSPS) is 17.2. The molecule has 2 fully saturated rings. The molecule has 1 aromatic heterocycles. The largest absolute Gasteiger partial charge is 0.494 e. The van der Waals surface area contributed by atoms with E-state index in [1.54, 1.807) is 43.2 Å². The van der Waals surface area contributed by atoms with Gasteiger partial charge in [-0.1, -0.05) is 29.8 Å². The molecule has 3 aliphatic rings. The van der Waals surface area contributed by atoms with E-state index in [1.165, 1.54) is 6.20 Å². The molecule has 0 spiro atoms. The minimum atomic E-state index is -2.56. The fraction of sp³-hybridized carbons (Fsp3) is 0.366. The second kappa shape index (κ2) is 17.8. The number of hydrogen-bond acceptors (Lipinski definition) is 12. The average Bonchev–Trinajstić information content (AvgIpc) is 3.54. The first kappa shape index (κ1) is 41.1. The van der Waals surface area contributed by atoms with Gasteiger partial charge in [0.05, 0.1) is 24.7 Å². The first-order chi connectivity index (χ1) is 27.9. The Hall–Kier alpha value is -5.11. The molecule has 4 N–H and O–H groups in total. The van der Waals surface area contributed by atoms with Gasteiger partial charge in [0.15, 0.2) is 5.82 Å². The molecule has 58 heavy (non-hydrogen) atoms. The Morgan fingerprint density at radius 1 is 1.02 bits per heavy atom. The van der Waals surface area contributed by atoms with Crippen LogP contribution in [0, 0.1) is 0 Å². The summed E-state index contributed by atoms with van der Waals surface area (Å²) in [6.45, 7) is 5.30. The van der Waals surface area contributed by atoms with Gasteiger partial charge in [-0.2, -0.15) is 4.98 Å². The monoisotopic (exact) mass is 844 g/mol. The van der Waals surface area contributed by atoms with E-state index in [0.717, 1.165) is 42.1 Å². The highest BCUT2D eigenvalue weighted by Gasteiger charge is 2.40. The molecule has 1 atom stereocenters. The summed E-state index contributed by atoms with van der Waals surface area (Å²) in [7, 11) is -0.955. The maximum atomic E-state index is 13.2. The molecule has 0 aliphatic carbocycles. The summed E-state index contributed by atoms with van der Waals surface area (Å²) in [5.41, 5.74) is 3.82. The molecule has 0 bridgehead atoms. The van der Waals surface area contributed by atoms with Crippen molar-refractivity contribution in [1.82, 2.24) is 25.5 Å². The fourth-order valence-corrected chi connectivity index (χ4v) is 9.81. The van der Waals surface area contributed by atoms with Crippen molar-refractivity contribution in [3.05, 3.63) is 83.0 Å². The molecule has 4 aromatic rings. The molecule has 3 aromatic carbocycles. The molecule has 0 saturated carbocycles. The summed E-state index contributed by atoms with van der Waals surface area (Å²) in [5, 5.41) is 13.0. The van der Waals surface area contributed by atoms with Crippen LogP contribution in [0.2, 0.25) is 5.02 Å². The van der Waals surface area contributed by atoms with E-state index in [1.807, 2.05) is 54.6 Å². The molecule has 14 nitrogen and oxygen atoms in total. The Morgan fingerprint density at radius 3 is 2.57 bits per heavy atom. The number of fused-ring (bicyclic) bond motifs is 1. The maximum absolute atomic E-state index is 13.2. The summed E-state index contributed by atoms with van der Waals surface area (Å²) >= 11 is 8.06. The molecular formula is C41H46ClN8O6PS. The van der Waals surface area contributed by atoms with Gasteiger partial charge in [-0.3, -0.25) is 24.5 Å². The second-order valence-electron chi connectivity index (χ2n) is 14.9. The highest BCUT2D eigenvalue weighted by atomic mass is 35.5. The van der Waals surface area contributed by atoms with E-state index < -0.39 is 19.1 Å². The number of para-hydroxylation sites is 1. The topological polar surface area (TPSA) is 175 Å². The van der Waals surface area contributed by atoms with Gasteiger partial charge in [0, 0.05) is 66.0 Å². The minimum absolute atomic E-state index is 0.0244. The van der Waals surface area contributed by atoms with Crippen molar-refractivity contribution in [3.63, 3.8) is 0 Å². The lowest BCUT2D eigenvalue weighted by Gasteiger charge is -2.34. The fourth-order valence-electron chi connectivity index (χ4n) is 7.48. The molecule has 1 unspecified atom stereocenters. The molecule has 4 amide bonds. The SMILES string of the molecule is COc1cc(N2CCC(NC(=O)CCCSc3cccc4c3CN(C3CCC(=O)NC3=O)C4=O)CC2)ccc1Nc1ncc(Cl)c(Nc2ccccc2P(C)(C)=O)n1. The molecule has 3 aliphatic heterocycles. The highest BCUT2D eigenvalue weighted by Crippen LogP contribution is 2.39. The number of piperidine rings is 2. The highest BCUT2D eigenvalue weighted by molar-refractivity contribution is 7.99. The van der Waals surface area contributed by atoms with Crippen molar-refractivity contribution < 1.29 is 28.5 Å². The molecule has 2 saturated heterocycles. The second-order valence-corrected chi connectivity index (χ2v) is 19.6. The van der Waals surface area contributed by atoms with Crippen molar-refractivity contribution >= 4 is 88.3 Å². The van der Waals surface area contributed by atoms with Crippen LogP contribution in [0.15, 0.2) is 71.8 Å². The Bertz CT molecular complexity index is 2280. The first-order valence-corrected chi connectivity index (χ1v) is 23.2. The van der Waals surface area contributed by atoms with Crippen LogP contribution in [-0.4, -0.2) is 89.9 Å². The van der Waals surface area contributed by atoms with Crippen LogP contribution in [0.5, 0.6) is 5.75 Å². The van der Waals surface area contributed by atoms with Gasteiger partial charge in [0.2, 0.25) is 23.7 Å². The number of aromatic nitrogens is 2. The van der Waals surface area contributed by atoms with Gasteiger partial charge in [0.25, 0.3) is 5.91 Å². The number of ether oxygens (including phenoxy) is 1. The predicted molar refractivity (Wildman–Crippen MR) is 228 cm³/mol. The Morgan fingerprint density at radius 2 is 1.81 bits per heavy atom. The number of amides is 4. The molecular weight excluding hydrogens is 799 g/mol. The number of rotatable bonds is 14. The van der Waals surface area contributed by atoms with Crippen molar-refractivity contribution in [2.24, 2.45) is 0 Å². The van der Waals surface area contributed by atoms with Gasteiger partial charge in [0.1, 0.15) is 24.0 Å². The van der Waals surface area contributed by atoms with Crippen LogP contribution in [0.25, 0.3) is 0 Å². The Kier molecular flexibility index (Phi) is 12.6. The number of hydrogen-bond donors (Lipinski definition) is 4. The van der Waals surface area contributed by atoms with E-state index >= 15 is 0 Å². The summed E-state index contributed by atoms with van der Waals surface area (Å²) in [5.74, 6) is 1.10. The van der Waals surface area contributed by atoms with Crippen LogP contribution in [0.3, 0.4) is 0 Å². The number of thioether (sulfide) groups is 1. The summed E-state index contributed by atoms with van der Waals surface area (Å²) < 4.78 is 18.6. The Labute approximate surface area is 346 Å². The van der Waals surface area contributed by atoms with Crippen LogP contribution in [-0.2, 0) is 25.5 Å². The standard InChI is InChI=1S/C41H46ClN8O6PS/c1-56-33-22-26(13-14-30(33)46-41-43-23-29(42)38(48-41)45-31-9-4-5-10-34(31)57(2,3)55)49-19-17-25(18-20-49)44-36(51)12-7-21-58-35-11-6-8-27-28(35)24-50(40(27)54)32-15-16-37(52)47-39(32)53/h4-6,8-11,13-14,22-23,25,32H,7,12,15-21,24H2,1-3H3,(H,44,51)(H,47,52,53)(H2,43,45,46,48). The van der Waals surface area contributed by atoms with Gasteiger partial charge in [-0.25, -0.2) is 4.98 Å². The zero-order valence-electron chi connectivity index (χ0n) is 32.5. The van der Waals surface area contributed by atoms with Gasteiger partial charge in [-0.05, 0) is 86.7 Å². The summed E-state index contributed by atoms with van der Waals surface area (Å²) in [6.07, 6.45) is 4.73. The lowest BCUT2D eigenvalue weighted by Crippen LogP contribution is -2.52. The number of imide groups is 1. The predicted octanol–water partition coefficient (Wildman–Crippen LogP) is 6.29. The first-order valence-electron chi connectivity index (χ1n) is 19.2. The molecule has 4 heterocycles. The van der Waals surface area contributed by atoms with Crippen molar-refractivity contribution in [3.8, 4) is 5.75 Å². The average molecular weight is 845 g/mol. The molecule has 0 radical (unpaired) electrons. The third-order valence-corrected chi connectivity index (χ3v) is 13.5. The zero-order valence-corrected chi connectivity index (χ0v) is 35.0. The van der Waals surface area contributed by atoms with Crippen LogP contribution in [0.1, 0.15) is 54.4 Å². The third-order valence-electron chi connectivity index (χ3n) is 10.5. The van der Waals surface area contributed by atoms with E-state index in [4.69, 9.17) is 16.3 Å². The van der Waals surface area contributed by atoms with Crippen molar-refractivity contribution in [2.75, 3.05) is 54.8 Å². The van der Waals surface area contributed by atoms with E-state index in [0.29, 0.717) is 76.3 Å². The lowest BCUT2D eigenvalue weighted by molar-refractivity contribution is -0.137. The zero-order chi connectivity index (χ0) is 41.0. The van der Waals surface area contributed by atoms with Gasteiger partial charge in [-0.15, -0.1) is 11.8 Å². The van der Waals surface area contributed by atoms with E-state index in [2.05, 4.69) is 36.1 Å². The summed E-state index contributed by atoms with van der Waals surface area (Å²) in [4.78, 5) is 63.9. The van der Waals surface area contributed by atoms with Crippen molar-refractivity contribution in [2.45, 2.75) is 62.0 Å². The number of methoxy groups -OCH3 is 1. The van der Waals surface area contributed by atoms with Gasteiger partial charge < -0.3 is 35.1 Å². The number of nitrogens with one attached hydrogen (secondary N) is 4. The smallest absolute Gasteiger partial charge is 0.255 e. The number of halogens is 1. The van der Waals surface area contributed by atoms with Gasteiger partial charge >= 0.3 is 0 Å². The number of nitrogens with zero attached hydrogens (tertiary/aromatic N) is 4. The quantitative estimate of drug-likeness (QED) is 0.0484. The molecule has 7 rings (SSSR count). The maximum Gasteiger partial charge on any atom is 0.255 e.